The van der Waals surface area contributed by atoms with Crippen LogP contribution in [-0.4, -0.2) is 34.7 Å². The Morgan fingerprint density at radius 1 is 0.564 bits per heavy atom. The summed E-state index contributed by atoms with van der Waals surface area (Å²) in [6.45, 7) is 0. The van der Waals surface area contributed by atoms with Crippen molar-refractivity contribution in [1.29, 1.82) is 0 Å². The average Bonchev–Trinajstić information content (AvgIpc) is 3.22. The third-order valence-electron chi connectivity index (χ3n) is 5.77. The van der Waals surface area contributed by atoms with Crippen molar-refractivity contribution in [2.24, 2.45) is 9.98 Å². The largest absolute Gasteiger partial charge is 0.507 e. The number of phenolic OH excluding ortho intramolecular Hbond substituents is 2. The number of nitrogens with zero attached hydrogens (tertiary/aromatic N) is 2. The highest BCUT2D eigenvalue weighted by molar-refractivity contribution is 5.85. The molecule has 2 atom stereocenters. The Labute approximate surface area is 211 Å². The molecule has 0 heterocycles. The average molecular weight is 580 g/mol. The molecule has 1 saturated carbocycles. The van der Waals surface area contributed by atoms with Gasteiger partial charge in [0.2, 0.25) is 0 Å². The van der Waals surface area contributed by atoms with Gasteiger partial charge in [0.05, 0.1) is 34.3 Å². The lowest BCUT2D eigenvalue weighted by Crippen LogP contribution is -2.13. The summed E-state index contributed by atoms with van der Waals surface area (Å²) in [4.78, 5) is 7.75. The van der Waals surface area contributed by atoms with Crippen molar-refractivity contribution in [2.75, 3.05) is 0 Å². The number of hydrogen-bond donors (Lipinski definition) is 2. The number of phenols is 2. The molecule has 1 aliphatic rings. The number of aliphatic imine (C=N–C) groups is 2. The Hall–Kier alpha value is -3.46. The van der Waals surface area contributed by atoms with Crippen molar-refractivity contribution < 1.29 is 62.9 Å². The van der Waals surface area contributed by atoms with E-state index in [0.29, 0.717) is 12.4 Å². The number of benzene rings is 2. The van der Waals surface area contributed by atoms with Crippen LogP contribution >= 0.6 is 0 Å². The quantitative estimate of drug-likeness (QED) is 0.289. The molecule has 2 N–H and O–H groups in total. The third-order valence-corrected chi connectivity index (χ3v) is 5.77. The molecule has 16 heteroatoms. The molecule has 0 bridgehead atoms. The van der Waals surface area contributed by atoms with Gasteiger partial charge in [-0.1, -0.05) is 0 Å². The summed E-state index contributed by atoms with van der Waals surface area (Å²) in [5, 5.41) is 19.7. The zero-order chi connectivity index (χ0) is 29.6. The summed E-state index contributed by atoms with van der Waals surface area (Å²) in [7, 11) is 0. The van der Waals surface area contributed by atoms with E-state index in [-0.39, 0.29) is 43.5 Å². The first kappa shape index (κ1) is 30.1. The summed E-state index contributed by atoms with van der Waals surface area (Å²) in [6.07, 6.45) is -19.4. The number of halogens is 12. The Morgan fingerprint density at radius 2 is 0.897 bits per heavy atom. The molecule has 0 aromatic heterocycles. The van der Waals surface area contributed by atoms with Gasteiger partial charge in [0.15, 0.2) is 0 Å². The third kappa shape index (κ3) is 7.15. The minimum Gasteiger partial charge on any atom is -0.507 e. The molecule has 2 aromatic carbocycles. The fourth-order valence-corrected chi connectivity index (χ4v) is 3.85. The van der Waals surface area contributed by atoms with Gasteiger partial charge in [0.1, 0.15) is 11.5 Å². The highest BCUT2D eigenvalue weighted by Crippen LogP contribution is 2.43. The van der Waals surface area contributed by atoms with E-state index >= 15 is 0 Å². The number of rotatable bonds is 4. The van der Waals surface area contributed by atoms with Crippen molar-refractivity contribution in [3.8, 4) is 11.5 Å². The molecule has 2 aromatic rings. The number of alkyl halides is 12. The first-order chi connectivity index (χ1) is 17.7. The molecule has 3 rings (SSSR count). The van der Waals surface area contributed by atoms with Gasteiger partial charge in [-0.2, -0.15) is 52.7 Å². The monoisotopic (exact) mass is 580 g/mol. The van der Waals surface area contributed by atoms with Crippen LogP contribution in [0.15, 0.2) is 34.3 Å². The molecular formula is C23H16F12N2O2. The van der Waals surface area contributed by atoms with E-state index in [1.54, 1.807) is 0 Å². The Bertz CT molecular complexity index is 1180. The molecule has 0 amide bonds. The predicted octanol–water partition coefficient (Wildman–Crippen LogP) is 7.63. The van der Waals surface area contributed by atoms with Crippen LogP contribution in [0.1, 0.15) is 52.6 Å². The molecule has 0 saturated heterocycles. The standard InChI is InChI=1S/C23H16F12N2O2/c24-20(25,26)12-3-10(18(38)16(5-12)22(30,31)32)8-36-14-1-2-15(7-14)37-9-11-4-13(21(27,28)29)6-17(19(11)39)23(33,34)35/h3-6,8-9,14-15,38-39H,1-2,7H2. The number of hydrogen-bond acceptors (Lipinski definition) is 4. The second kappa shape index (κ2) is 10.3. The van der Waals surface area contributed by atoms with Crippen molar-refractivity contribution in [2.45, 2.75) is 56.1 Å². The highest BCUT2D eigenvalue weighted by atomic mass is 19.4. The summed E-state index contributed by atoms with van der Waals surface area (Å²) in [6, 6.07) is -1.46. The fourth-order valence-electron chi connectivity index (χ4n) is 3.85. The van der Waals surface area contributed by atoms with Crippen molar-refractivity contribution >= 4 is 12.4 Å². The van der Waals surface area contributed by atoms with E-state index in [1.807, 2.05) is 0 Å². The van der Waals surface area contributed by atoms with Gasteiger partial charge in [-0.05, 0) is 43.5 Å². The maximum absolute atomic E-state index is 13.1. The van der Waals surface area contributed by atoms with E-state index in [1.165, 1.54) is 0 Å². The van der Waals surface area contributed by atoms with Gasteiger partial charge in [-0.25, -0.2) is 0 Å². The van der Waals surface area contributed by atoms with Crippen LogP contribution in [0, 0.1) is 0 Å². The molecule has 214 valence electrons. The molecule has 1 fully saturated rings. The summed E-state index contributed by atoms with van der Waals surface area (Å²) in [5.74, 6) is -2.96. The highest BCUT2D eigenvalue weighted by Gasteiger charge is 2.41. The Kier molecular flexibility index (Phi) is 7.91. The molecule has 0 radical (unpaired) electrons. The van der Waals surface area contributed by atoms with Crippen LogP contribution in [0.2, 0.25) is 0 Å². The minimum atomic E-state index is -5.30. The predicted molar refractivity (Wildman–Crippen MR) is 113 cm³/mol. The maximum Gasteiger partial charge on any atom is 0.419 e. The van der Waals surface area contributed by atoms with Gasteiger partial charge in [0.25, 0.3) is 0 Å². The summed E-state index contributed by atoms with van der Waals surface area (Å²) >= 11 is 0. The molecule has 39 heavy (non-hydrogen) atoms. The van der Waals surface area contributed by atoms with Crippen molar-refractivity contribution in [3.05, 3.63) is 57.6 Å². The first-order valence-corrected chi connectivity index (χ1v) is 10.8. The van der Waals surface area contributed by atoms with Crippen LogP contribution < -0.4 is 0 Å². The topological polar surface area (TPSA) is 65.2 Å². The smallest absolute Gasteiger partial charge is 0.419 e. The zero-order valence-corrected chi connectivity index (χ0v) is 19.1. The van der Waals surface area contributed by atoms with Crippen LogP contribution in [0.25, 0.3) is 0 Å². The zero-order valence-electron chi connectivity index (χ0n) is 19.1. The van der Waals surface area contributed by atoms with E-state index in [4.69, 9.17) is 0 Å². The molecule has 1 aliphatic carbocycles. The van der Waals surface area contributed by atoms with Gasteiger partial charge >= 0.3 is 24.7 Å². The molecule has 0 spiro atoms. The van der Waals surface area contributed by atoms with Crippen molar-refractivity contribution in [3.63, 3.8) is 0 Å². The number of aromatic hydroxyl groups is 2. The normalized spacial score (nSPS) is 19.5. The lowest BCUT2D eigenvalue weighted by atomic mass is 10.0. The lowest BCUT2D eigenvalue weighted by Gasteiger charge is -2.15. The summed E-state index contributed by atoms with van der Waals surface area (Å²) in [5.41, 5.74) is -8.93. The molecule has 2 unspecified atom stereocenters. The minimum absolute atomic E-state index is 0.0231. The maximum atomic E-state index is 13.1. The van der Waals surface area contributed by atoms with Crippen LogP contribution in [0.4, 0.5) is 52.7 Å². The van der Waals surface area contributed by atoms with Crippen LogP contribution in [0.5, 0.6) is 11.5 Å². The van der Waals surface area contributed by atoms with E-state index in [2.05, 4.69) is 9.98 Å². The van der Waals surface area contributed by atoms with Gasteiger partial charge in [-0.3, -0.25) is 9.98 Å². The summed E-state index contributed by atoms with van der Waals surface area (Å²) < 4.78 is 157. The fraction of sp³-hybridized carbons (Fsp3) is 0.391. The van der Waals surface area contributed by atoms with Crippen LogP contribution in [-0.2, 0) is 24.7 Å². The van der Waals surface area contributed by atoms with E-state index in [9.17, 15) is 62.9 Å². The van der Waals surface area contributed by atoms with Crippen molar-refractivity contribution in [1.82, 2.24) is 0 Å². The molecule has 0 aliphatic heterocycles. The van der Waals surface area contributed by atoms with E-state index in [0.717, 1.165) is 0 Å². The molecule has 4 nitrogen and oxygen atoms in total. The Balaban J connectivity index is 1.84. The lowest BCUT2D eigenvalue weighted by molar-refractivity contribution is -0.145. The van der Waals surface area contributed by atoms with Gasteiger partial charge in [-0.15, -0.1) is 0 Å². The van der Waals surface area contributed by atoms with Crippen LogP contribution in [0.3, 0.4) is 0 Å². The first-order valence-electron chi connectivity index (χ1n) is 10.8. The molecular weight excluding hydrogens is 564 g/mol. The van der Waals surface area contributed by atoms with Gasteiger partial charge in [0, 0.05) is 23.6 Å². The SMILES string of the molecule is Oc1c(C=NC2CCC(N=Cc3cc(C(F)(F)F)cc(C(F)(F)F)c3O)C2)cc(C(F)(F)F)cc1C(F)(F)F. The van der Waals surface area contributed by atoms with E-state index < -0.39 is 81.7 Å². The van der Waals surface area contributed by atoms with Gasteiger partial charge < -0.3 is 10.2 Å². The second-order valence-electron chi connectivity index (χ2n) is 8.59. The Morgan fingerprint density at radius 3 is 1.18 bits per heavy atom. The second-order valence-corrected chi connectivity index (χ2v) is 8.59.